The molecule has 0 unspecified atom stereocenters. The quantitative estimate of drug-likeness (QED) is 0.258. The monoisotopic (exact) mass is 528 g/mol. The molecule has 1 rings (SSSR count). The number of hydrogen-bond donors (Lipinski definition) is 0. The van der Waals surface area contributed by atoms with E-state index in [0.29, 0.717) is 12.0 Å². The van der Waals surface area contributed by atoms with Gasteiger partial charge < -0.3 is 0 Å². The Balaban J connectivity index is -0.00000108. The molecule has 0 heterocycles. The summed E-state index contributed by atoms with van der Waals surface area (Å²) in [7, 11) is 0. The van der Waals surface area contributed by atoms with Crippen LogP contribution in [0.4, 0.5) is 17.6 Å². The summed E-state index contributed by atoms with van der Waals surface area (Å²) in [6.07, 6.45) is 3.37. The van der Waals surface area contributed by atoms with Crippen molar-refractivity contribution < 1.29 is 116 Å². The van der Waals surface area contributed by atoms with E-state index in [1.54, 1.807) is 0 Å². The van der Waals surface area contributed by atoms with Gasteiger partial charge in [-0.25, -0.2) is 0 Å². The average molecular weight is 528 g/mol. The van der Waals surface area contributed by atoms with E-state index in [-0.39, 0.29) is 98.1 Å². The van der Waals surface area contributed by atoms with E-state index in [9.17, 15) is 17.6 Å². The Morgan fingerprint density at radius 2 is 1.33 bits per heavy atom. The fraction of sp³-hybridized carbons (Fsp3) is 0.500. The van der Waals surface area contributed by atoms with Crippen molar-refractivity contribution in [1.29, 1.82) is 0 Å². The van der Waals surface area contributed by atoms with Gasteiger partial charge in [-0.3, -0.25) is 17.6 Å². The van der Waals surface area contributed by atoms with Gasteiger partial charge in [0.1, 0.15) is 0 Å². The van der Waals surface area contributed by atoms with Crippen molar-refractivity contribution in [3.8, 4) is 0 Å². The van der Waals surface area contributed by atoms with Crippen molar-refractivity contribution in [3.63, 3.8) is 0 Å². The Hall–Kier alpha value is 2.12. The minimum atomic E-state index is -2.32. The second-order valence-electron chi connectivity index (χ2n) is 4.36. The van der Waals surface area contributed by atoms with Crippen molar-refractivity contribution in [2.45, 2.75) is 45.4 Å². The first-order chi connectivity index (χ1) is 8.56. The molecule has 0 aliphatic rings. The molecule has 0 saturated heterocycles. The maximum absolute atomic E-state index is 13.3. The van der Waals surface area contributed by atoms with Gasteiger partial charge in [0.05, 0.1) is 0 Å². The van der Waals surface area contributed by atoms with Gasteiger partial charge in [0.2, 0.25) is 0 Å². The summed E-state index contributed by atoms with van der Waals surface area (Å²) in [6.45, 7) is 2.10. The number of benzene rings is 1. The van der Waals surface area contributed by atoms with Crippen LogP contribution in [0.25, 0.3) is 0 Å². The topological polar surface area (TPSA) is 0 Å². The molecule has 0 aromatic heterocycles. The van der Waals surface area contributed by atoms with Gasteiger partial charge in [-0.2, -0.15) is 0 Å². The third-order valence-electron chi connectivity index (χ3n) is 2.86. The van der Waals surface area contributed by atoms with Crippen LogP contribution in [0.5, 0.6) is 0 Å². The van der Waals surface area contributed by atoms with Crippen LogP contribution in [0.1, 0.15) is 50.2 Å². The molecule has 0 amide bonds. The van der Waals surface area contributed by atoms with E-state index in [4.69, 9.17) is 0 Å². The van der Waals surface area contributed by atoms with Crippen LogP contribution >= 0.6 is 0 Å². The maximum atomic E-state index is 13.3. The fourth-order valence-corrected chi connectivity index (χ4v) is 1.88. The minimum Gasteiger partial charge on any atom is -0.283 e. The SMILES string of the molecule is CCCCCCCc1cc(F)c([C-](F)F)c(F)c1.[Y].[Y].[Y]. The van der Waals surface area contributed by atoms with E-state index >= 15 is 0 Å². The molecular formula is C14H17F4Y3-. The van der Waals surface area contributed by atoms with Crippen LogP contribution in [-0.2, 0) is 105 Å². The van der Waals surface area contributed by atoms with Gasteiger partial charge in [-0.05, 0) is 12.8 Å². The molecule has 0 aliphatic heterocycles. The van der Waals surface area contributed by atoms with Gasteiger partial charge in [-0.15, -0.1) is 0 Å². The van der Waals surface area contributed by atoms with Crippen LogP contribution in [0.3, 0.4) is 0 Å². The van der Waals surface area contributed by atoms with Crippen molar-refractivity contribution in [3.05, 3.63) is 41.3 Å². The predicted octanol–water partition coefficient (Wildman–Crippen LogP) is 5.25. The number of rotatable bonds is 7. The zero-order valence-electron chi connectivity index (χ0n) is 12.1. The zero-order chi connectivity index (χ0) is 13.5. The first-order valence-electron chi connectivity index (χ1n) is 6.22. The average Bonchev–Trinajstić information content (AvgIpc) is 2.27. The zero-order valence-corrected chi connectivity index (χ0v) is 20.7. The molecule has 1 aromatic carbocycles. The Morgan fingerprint density at radius 1 is 0.857 bits per heavy atom. The van der Waals surface area contributed by atoms with E-state index in [2.05, 4.69) is 6.92 Å². The molecule has 0 N–H and O–H groups in total. The van der Waals surface area contributed by atoms with Crippen molar-refractivity contribution in [1.82, 2.24) is 0 Å². The van der Waals surface area contributed by atoms with Crippen molar-refractivity contribution in [2.75, 3.05) is 0 Å². The normalized spacial score (nSPS) is 9.19. The van der Waals surface area contributed by atoms with Crippen molar-refractivity contribution in [2.24, 2.45) is 0 Å². The first kappa shape index (κ1) is 27.9. The van der Waals surface area contributed by atoms with E-state index in [1.807, 2.05) is 0 Å². The second kappa shape index (κ2) is 15.6. The van der Waals surface area contributed by atoms with Crippen LogP contribution < -0.4 is 0 Å². The number of halogens is 4. The number of unbranched alkanes of at least 4 members (excludes halogenated alkanes) is 4. The fourth-order valence-electron chi connectivity index (χ4n) is 1.88. The summed E-state index contributed by atoms with van der Waals surface area (Å²) < 4.78 is 51.0. The minimum absolute atomic E-state index is 0. The van der Waals surface area contributed by atoms with E-state index in [1.165, 1.54) is 0 Å². The van der Waals surface area contributed by atoms with Crippen LogP contribution in [0, 0.1) is 18.1 Å². The van der Waals surface area contributed by atoms with Crippen LogP contribution in [0.15, 0.2) is 12.1 Å². The molecule has 1 aromatic rings. The molecule has 0 atom stereocenters. The van der Waals surface area contributed by atoms with Gasteiger partial charge in [-0.1, -0.05) is 55.9 Å². The summed E-state index contributed by atoms with van der Waals surface area (Å²) in [5.74, 6) is -2.36. The third kappa shape index (κ3) is 10.6. The molecular weight excluding hydrogens is 511 g/mol. The van der Waals surface area contributed by atoms with Gasteiger partial charge >= 0.3 is 0 Å². The van der Waals surface area contributed by atoms with Crippen LogP contribution in [-0.4, -0.2) is 0 Å². The standard InChI is InChI=1S/C14H17F4.3Y/c1-2-3-4-5-6-7-10-8-11(15)13(14(17)18)12(16)9-10;;;/h8-9H,2-7H2,1H3;;;/q-1;;;. The number of hydrogen-bond acceptors (Lipinski definition) is 0. The smallest absolute Gasteiger partial charge is 0.164 e. The molecule has 0 saturated carbocycles. The molecule has 7 heteroatoms. The Labute approximate surface area is 199 Å². The van der Waals surface area contributed by atoms with Gasteiger partial charge in [0.15, 0.2) is 6.43 Å². The maximum Gasteiger partial charge on any atom is 0.164 e. The summed E-state index contributed by atoms with van der Waals surface area (Å²) in [6, 6.07) is 1.99. The number of aryl methyl sites for hydroxylation is 1. The molecule has 0 nitrogen and oxygen atoms in total. The van der Waals surface area contributed by atoms with E-state index < -0.39 is 23.6 Å². The summed E-state index contributed by atoms with van der Waals surface area (Å²) in [4.78, 5) is 0. The molecule has 21 heavy (non-hydrogen) atoms. The van der Waals surface area contributed by atoms with E-state index in [0.717, 1.165) is 44.2 Å². The molecule has 0 fully saturated rings. The summed E-state index contributed by atoms with van der Waals surface area (Å²) in [5.41, 5.74) is -0.767. The van der Waals surface area contributed by atoms with Gasteiger partial charge in [0.25, 0.3) is 0 Å². The van der Waals surface area contributed by atoms with Gasteiger partial charge in [0, 0.05) is 110 Å². The third-order valence-corrected chi connectivity index (χ3v) is 2.86. The Kier molecular flexibility index (Phi) is 20.8. The molecule has 0 bridgehead atoms. The Bertz CT molecular complexity index is 363. The van der Waals surface area contributed by atoms with Crippen LogP contribution in [0.2, 0.25) is 0 Å². The molecule has 0 aliphatic carbocycles. The first-order valence-corrected chi connectivity index (χ1v) is 6.22. The second-order valence-corrected chi connectivity index (χ2v) is 4.36. The predicted molar refractivity (Wildman–Crippen MR) is 63.4 cm³/mol. The summed E-state index contributed by atoms with van der Waals surface area (Å²) in [5, 5.41) is 0. The van der Waals surface area contributed by atoms with Crippen molar-refractivity contribution >= 4 is 0 Å². The summed E-state index contributed by atoms with van der Waals surface area (Å²) >= 11 is 0. The molecule has 111 valence electrons. The molecule has 0 spiro atoms. The largest absolute Gasteiger partial charge is 0.283 e. The Morgan fingerprint density at radius 3 is 1.76 bits per heavy atom. The molecule has 3 radical (unpaired) electrons.